The van der Waals surface area contributed by atoms with Crippen molar-refractivity contribution in [1.29, 1.82) is 0 Å². The molecule has 24 heavy (non-hydrogen) atoms. The summed E-state index contributed by atoms with van der Waals surface area (Å²) >= 11 is 1.35. The Morgan fingerprint density at radius 2 is 1.88 bits per heavy atom. The Morgan fingerprint density at radius 1 is 1.08 bits per heavy atom. The van der Waals surface area contributed by atoms with Crippen molar-refractivity contribution >= 4 is 40.5 Å². The first kappa shape index (κ1) is 17.6. The van der Waals surface area contributed by atoms with Crippen LogP contribution in [0.3, 0.4) is 0 Å². The molecule has 8 heteroatoms. The lowest BCUT2D eigenvalue weighted by Crippen LogP contribution is -1.97. The SMILES string of the molecule is Cl.O=C(O)c1cccc(Nc2nc(-c3ccc(O)c(O)c3)cs2)c1. The summed E-state index contributed by atoms with van der Waals surface area (Å²) in [6.45, 7) is 0. The molecule has 0 radical (unpaired) electrons. The van der Waals surface area contributed by atoms with E-state index in [1.165, 1.54) is 35.6 Å². The third-order valence-electron chi connectivity index (χ3n) is 3.14. The van der Waals surface area contributed by atoms with E-state index >= 15 is 0 Å². The molecule has 0 saturated heterocycles. The molecular formula is C16H13ClN2O4S. The first-order valence-corrected chi connectivity index (χ1v) is 7.49. The van der Waals surface area contributed by atoms with Crippen LogP contribution in [-0.4, -0.2) is 26.3 Å². The summed E-state index contributed by atoms with van der Waals surface area (Å²) in [6.07, 6.45) is 0. The quantitative estimate of drug-likeness (QED) is 0.520. The summed E-state index contributed by atoms with van der Waals surface area (Å²) in [4.78, 5) is 15.4. The zero-order chi connectivity index (χ0) is 16.4. The van der Waals surface area contributed by atoms with Gasteiger partial charge in [0.2, 0.25) is 0 Å². The second-order valence-electron chi connectivity index (χ2n) is 4.75. The van der Waals surface area contributed by atoms with Crippen molar-refractivity contribution < 1.29 is 20.1 Å². The maximum Gasteiger partial charge on any atom is 0.335 e. The van der Waals surface area contributed by atoms with Crippen LogP contribution in [0.4, 0.5) is 10.8 Å². The second kappa shape index (κ2) is 7.20. The van der Waals surface area contributed by atoms with Gasteiger partial charge in [-0.25, -0.2) is 9.78 Å². The minimum Gasteiger partial charge on any atom is -0.504 e. The summed E-state index contributed by atoms with van der Waals surface area (Å²) in [5.41, 5.74) is 2.13. The molecule has 0 aliphatic heterocycles. The number of hydrogen-bond acceptors (Lipinski definition) is 6. The number of thiazole rings is 1. The highest BCUT2D eigenvalue weighted by molar-refractivity contribution is 7.14. The minimum atomic E-state index is -0.993. The van der Waals surface area contributed by atoms with Crippen molar-refractivity contribution in [2.45, 2.75) is 0 Å². The van der Waals surface area contributed by atoms with Crippen molar-refractivity contribution in [3.63, 3.8) is 0 Å². The number of halogens is 1. The molecule has 0 aliphatic rings. The van der Waals surface area contributed by atoms with E-state index in [1.807, 2.05) is 0 Å². The molecule has 6 nitrogen and oxygen atoms in total. The Hall–Kier alpha value is -2.77. The fourth-order valence-corrected chi connectivity index (χ4v) is 2.74. The lowest BCUT2D eigenvalue weighted by Gasteiger charge is -2.03. The predicted molar refractivity (Wildman–Crippen MR) is 94.8 cm³/mol. The maximum atomic E-state index is 11.0. The van der Waals surface area contributed by atoms with E-state index in [9.17, 15) is 15.0 Å². The topological polar surface area (TPSA) is 103 Å². The molecule has 3 aromatic rings. The first-order valence-electron chi connectivity index (χ1n) is 6.61. The summed E-state index contributed by atoms with van der Waals surface area (Å²) in [5.74, 6) is -1.39. The van der Waals surface area contributed by atoms with Crippen LogP contribution < -0.4 is 5.32 Å². The van der Waals surface area contributed by atoms with Gasteiger partial charge in [-0.1, -0.05) is 6.07 Å². The fourth-order valence-electron chi connectivity index (χ4n) is 2.00. The van der Waals surface area contributed by atoms with Crippen LogP contribution in [0.1, 0.15) is 10.4 Å². The number of carboxylic acid groups (broad SMARTS) is 1. The highest BCUT2D eigenvalue weighted by Gasteiger charge is 2.09. The van der Waals surface area contributed by atoms with E-state index in [1.54, 1.807) is 23.6 Å². The van der Waals surface area contributed by atoms with Gasteiger partial charge < -0.3 is 20.6 Å². The smallest absolute Gasteiger partial charge is 0.335 e. The van der Waals surface area contributed by atoms with Crippen molar-refractivity contribution in [1.82, 2.24) is 4.98 Å². The summed E-state index contributed by atoms with van der Waals surface area (Å²) in [7, 11) is 0. The Bertz CT molecular complexity index is 882. The monoisotopic (exact) mass is 364 g/mol. The standard InChI is InChI=1S/C16H12N2O4S.ClH/c19-13-5-4-9(7-14(13)20)12-8-23-16(18-12)17-11-3-1-2-10(6-11)15(21)22;/h1-8,19-20H,(H,17,18)(H,21,22);1H. The van der Waals surface area contributed by atoms with E-state index in [4.69, 9.17) is 5.11 Å². The number of rotatable bonds is 4. The number of nitrogens with one attached hydrogen (secondary N) is 1. The summed E-state index contributed by atoms with van der Waals surface area (Å²) in [5, 5.41) is 33.3. The van der Waals surface area contributed by atoms with E-state index in [-0.39, 0.29) is 29.5 Å². The van der Waals surface area contributed by atoms with Crippen LogP contribution in [0.25, 0.3) is 11.3 Å². The van der Waals surface area contributed by atoms with Gasteiger partial charge in [0.1, 0.15) is 0 Å². The number of nitrogens with zero attached hydrogens (tertiary/aromatic N) is 1. The normalized spacial score (nSPS) is 10.0. The second-order valence-corrected chi connectivity index (χ2v) is 5.61. The molecule has 2 aromatic carbocycles. The maximum absolute atomic E-state index is 11.0. The van der Waals surface area contributed by atoms with Crippen LogP contribution in [0.15, 0.2) is 47.8 Å². The average molecular weight is 365 g/mol. The van der Waals surface area contributed by atoms with Gasteiger partial charge in [-0.15, -0.1) is 23.7 Å². The average Bonchev–Trinajstić information content (AvgIpc) is 2.99. The van der Waals surface area contributed by atoms with Gasteiger partial charge >= 0.3 is 5.97 Å². The van der Waals surface area contributed by atoms with Crippen LogP contribution in [0.2, 0.25) is 0 Å². The molecule has 0 amide bonds. The molecule has 0 spiro atoms. The molecule has 124 valence electrons. The highest BCUT2D eigenvalue weighted by atomic mass is 35.5. The van der Waals surface area contributed by atoms with Gasteiger partial charge in [-0.05, 0) is 36.4 Å². The number of hydrogen-bond donors (Lipinski definition) is 4. The van der Waals surface area contributed by atoms with E-state index in [0.717, 1.165) is 0 Å². The third-order valence-corrected chi connectivity index (χ3v) is 3.89. The number of aromatic hydroxyl groups is 2. The molecule has 0 bridgehead atoms. The third kappa shape index (κ3) is 3.76. The zero-order valence-corrected chi connectivity index (χ0v) is 13.8. The van der Waals surface area contributed by atoms with Crippen molar-refractivity contribution in [2.24, 2.45) is 0 Å². The predicted octanol–water partition coefficient (Wildman–Crippen LogP) is 4.08. The Labute approximate surface area is 147 Å². The van der Waals surface area contributed by atoms with Crippen LogP contribution >= 0.6 is 23.7 Å². The number of carbonyl (C=O) groups is 1. The number of benzene rings is 2. The van der Waals surface area contributed by atoms with Gasteiger partial charge in [0.25, 0.3) is 0 Å². The Balaban J connectivity index is 0.00000208. The fraction of sp³-hybridized carbons (Fsp3) is 0. The van der Waals surface area contributed by atoms with Crippen molar-refractivity contribution in [3.8, 4) is 22.8 Å². The largest absolute Gasteiger partial charge is 0.504 e. The molecule has 0 saturated carbocycles. The van der Waals surface area contributed by atoms with Crippen molar-refractivity contribution in [3.05, 3.63) is 53.4 Å². The van der Waals surface area contributed by atoms with Crippen LogP contribution in [-0.2, 0) is 0 Å². The number of carboxylic acids is 1. The summed E-state index contributed by atoms with van der Waals surface area (Å²) in [6, 6.07) is 10.9. The molecule has 0 atom stereocenters. The van der Waals surface area contributed by atoms with E-state index in [0.29, 0.717) is 22.1 Å². The molecule has 1 heterocycles. The zero-order valence-electron chi connectivity index (χ0n) is 12.1. The number of phenols is 2. The lowest BCUT2D eigenvalue weighted by atomic mass is 10.1. The molecule has 0 aliphatic carbocycles. The molecular weight excluding hydrogens is 352 g/mol. The van der Waals surface area contributed by atoms with Gasteiger partial charge in [-0.2, -0.15) is 0 Å². The van der Waals surface area contributed by atoms with Gasteiger partial charge in [-0.3, -0.25) is 0 Å². The van der Waals surface area contributed by atoms with E-state index < -0.39 is 5.97 Å². The van der Waals surface area contributed by atoms with Gasteiger partial charge in [0.05, 0.1) is 11.3 Å². The molecule has 0 unspecified atom stereocenters. The molecule has 1 aromatic heterocycles. The van der Waals surface area contributed by atoms with E-state index in [2.05, 4.69) is 10.3 Å². The van der Waals surface area contributed by atoms with Crippen molar-refractivity contribution in [2.75, 3.05) is 5.32 Å². The number of aromatic carboxylic acids is 1. The summed E-state index contributed by atoms with van der Waals surface area (Å²) < 4.78 is 0. The van der Waals surface area contributed by atoms with Crippen LogP contribution in [0, 0.1) is 0 Å². The minimum absolute atomic E-state index is 0. The highest BCUT2D eigenvalue weighted by Crippen LogP contribution is 2.32. The Morgan fingerprint density at radius 3 is 2.58 bits per heavy atom. The number of anilines is 2. The lowest BCUT2D eigenvalue weighted by molar-refractivity contribution is 0.0697. The molecule has 4 N–H and O–H groups in total. The molecule has 3 rings (SSSR count). The number of aromatic nitrogens is 1. The molecule has 0 fully saturated rings. The van der Waals surface area contributed by atoms with Gasteiger partial charge in [0.15, 0.2) is 16.6 Å². The first-order chi connectivity index (χ1) is 11.0. The number of phenolic OH excluding ortho intramolecular Hbond substituents is 2. The van der Waals surface area contributed by atoms with Crippen LogP contribution in [0.5, 0.6) is 11.5 Å². The Kier molecular flexibility index (Phi) is 5.28. The van der Waals surface area contributed by atoms with Gasteiger partial charge in [0, 0.05) is 16.6 Å².